The molecule has 9 heteroatoms. The van der Waals surface area contributed by atoms with Crippen molar-refractivity contribution in [3.8, 4) is 17.2 Å². The maximum atomic E-state index is 12.5. The minimum Gasteiger partial charge on any atom is -0.497 e. The average molecular weight is 465 g/mol. The van der Waals surface area contributed by atoms with Crippen molar-refractivity contribution in [2.75, 3.05) is 20.3 Å². The molecule has 0 saturated heterocycles. The fraction of sp³-hybridized carbons (Fsp3) is 0.250. The molecule has 2 aliphatic rings. The van der Waals surface area contributed by atoms with Crippen molar-refractivity contribution in [2.24, 2.45) is 10.1 Å². The molecule has 2 aromatic rings. The number of amidine groups is 2. The molecule has 33 heavy (non-hydrogen) atoms. The average Bonchev–Trinajstić information content (AvgIpc) is 3.23. The molecule has 0 bridgehead atoms. The highest BCUT2D eigenvalue weighted by molar-refractivity contribution is 8.26. The van der Waals surface area contributed by atoms with Gasteiger partial charge in [0.05, 0.1) is 12.7 Å². The number of aliphatic imine (C=N–C) groups is 1. The van der Waals surface area contributed by atoms with E-state index in [1.807, 2.05) is 48.5 Å². The predicted octanol–water partition coefficient (Wildman–Crippen LogP) is 4.57. The molecule has 0 unspecified atom stereocenters. The van der Waals surface area contributed by atoms with Gasteiger partial charge in [0.15, 0.2) is 5.84 Å². The molecule has 8 nitrogen and oxygen atoms in total. The maximum absolute atomic E-state index is 12.5. The number of nitrogens with zero attached hydrogens (tertiary/aromatic N) is 3. The van der Waals surface area contributed by atoms with Crippen LogP contribution in [-0.4, -0.2) is 47.3 Å². The van der Waals surface area contributed by atoms with Gasteiger partial charge in [0, 0.05) is 6.07 Å². The number of nitrogens with one attached hydrogen (secondary N) is 1. The smallest absolute Gasteiger partial charge is 0.283 e. The largest absolute Gasteiger partial charge is 0.497 e. The number of amides is 1. The van der Waals surface area contributed by atoms with Crippen molar-refractivity contribution < 1.29 is 19.0 Å². The molecule has 0 radical (unpaired) electrons. The summed E-state index contributed by atoms with van der Waals surface area (Å²) in [5.74, 6) is 1.75. The van der Waals surface area contributed by atoms with Crippen LogP contribution in [-0.2, 0) is 4.79 Å². The molecule has 2 heterocycles. The van der Waals surface area contributed by atoms with E-state index < -0.39 is 5.91 Å². The summed E-state index contributed by atoms with van der Waals surface area (Å²) in [5.41, 5.74) is 0.979. The van der Waals surface area contributed by atoms with Crippen LogP contribution in [0.1, 0.15) is 25.3 Å². The van der Waals surface area contributed by atoms with Crippen LogP contribution in [0.2, 0.25) is 0 Å². The third-order valence-electron chi connectivity index (χ3n) is 4.81. The molecule has 0 aliphatic carbocycles. The lowest BCUT2D eigenvalue weighted by Crippen LogP contribution is -2.35. The van der Waals surface area contributed by atoms with Crippen molar-refractivity contribution in [2.45, 2.75) is 19.8 Å². The zero-order valence-corrected chi connectivity index (χ0v) is 19.2. The number of benzene rings is 2. The second kappa shape index (κ2) is 10.4. The molecule has 4 rings (SSSR count). The summed E-state index contributed by atoms with van der Waals surface area (Å²) in [7, 11) is 1.61. The first-order valence-electron chi connectivity index (χ1n) is 10.6. The van der Waals surface area contributed by atoms with E-state index in [-0.39, 0.29) is 11.4 Å². The molecule has 0 aromatic heterocycles. The van der Waals surface area contributed by atoms with E-state index in [1.54, 1.807) is 13.2 Å². The number of hydrogen-bond donors (Lipinski definition) is 1. The summed E-state index contributed by atoms with van der Waals surface area (Å²) in [6.45, 7) is 2.83. The number of methoxy groups -OCH3 is 1. The van der Waals surface area contributed by atoms with Crippen LogP contribution >= 0.6 is 11.8 Å². The Morgan fingerprint density at radius 2 is 1.79 bits per heavy atom. The number of carbonyl (C=O) groups is 1. The second-order valence-corrected chi connectivity index (χ2v) is 8.25. The van der Waals surface area contributed by atoms with Gasteiger partial charge in [-0.05, 0) is 60.5 Å². The molecule has 0 fully saturated rings. The molecule has 1 N–H and O–H groups in total. The van der Waals surface area contributed by atoms with Crippen LogP contribution in [0.5, 0.6) is 17.2 Å². The zero-order valence-electron chi connectivity index (χ0n) is 18.4. The first-order chi connectivity index (χ1) is 16.1. The number of ether oxygens (including phenoxy) is 3. The lowest BCUT2D eigenvalue weighted by molar-refractivity contribution is -0.114. The number of hydrogen-bond acceptors (Lipinski definition) is 7. The van der Waals surface area contributed by atoms with Crippen molar-refractivity contribution in [1.29, 1.82) is 5.41 Å². The summed E-state index contributed by atoms with van der Waals surface area (Å²) >= 11 is 1.35. The summed E-state index contributed by atoms with van der Waals surface area (Å²) < 4.78 is 16.6. The molecule has 2 aromatic carbocycles. The quantitative estimate of drug-likeness (QED) is 0.431. The molecular weight excluding hydrogens is 440 g/mol. The Morgan fingerprint density at radius 1 is 1.06 bits per heavy atom. The van der Waals surface area contributed by atoms with Gasteiger partial charge in [-0.3, -0.25) is 10.2 Å². The van der Waals surface area contributed by atoms with Gasteiger partial charge in [-0.1, -0.05) is 25.1 Å². The monoisotopic (exact) mass is 464 g/mol. The molecule has 1 amide bonds. The van der Waals surface area contributed by atoms with Crippen molar-refractivity contribution in [3.63, 3.8) is 0 Å². The lowest BCUT2D eigenvalue weighted by Gasteiger charge is -2.20. The summed E-state index contributed by atoms with van der Waals surface area (Å²) in [5, 5.41) is 15.6. The molecule has 0 saturated carbocycles. The first-order valence-corrected chi connectivity index (χ1v) is 11.4. The van der Waals surface area contributed by atoms with E-state index in [4.69, 9.17) is 19.6 Å². The minimum absolute atomic E-state index is 0.0404. The topological polar surface area (TPSA) is 96.6 Å². The lowest BCUT2D eigenvalue weighted by atomic mass is 10.1. The third-order valence-corrected chi connectivity index (χ3v) is 5.78. The van der Waals surface area contributed by atoms with Gasteiger partial charge < -0.3 is 14.2 Å². The Balaban J connectivity index is 1.34. The number of thioether (sulfide) groups is 1. The number of rotatable bonds is 9. The Bertz CT molecular complexity index is 1140. The van der Waals surface area contributed by atoms with Gasteiger partial charge in [0.2, 0.25) is 5.17 Å². The molecule has 0 spiro atoms. The normalized spacial score (nSPS) is 16.4. The van der Waals surface area contributed by atoms with Gasteiger partial charge in [0.25, 0.3) is 5.91 Å². The fourth-order valence-electron chi connectivity index (χ4n) is 3.18. The van der Waals surface area contributed by atoms with E-state index in [0.29, 0.717) is 29.9 Å². The van der Waals surface area contributed by atoms with Gasteiger partial charge in [-0.15, -0.1) is 0 Å². The highest BCUT2D eigenvalue weighted by atomic mass is 32.2. The van der Waals surface area contributed by atoms with E-state index in [1.165, 1.54) is 16.8 Å². The molecule has 0 atom stereocenters. The molecule has 2 aliphatic heterocycles. The van der Waals surface area contributed by atoms with E-state index in [2.05, 4.69) is 17.0 Å². The van der Waals surface area contributed by atoms with Gasteiger partial charge in [0.1, 0.15) is 35.5 Å². The van der Waals surface area contributed by atoms with Crippen LogP contribution in [0.25, 0.3) is 6.08 Å². The minimum atomic E-state index is -0.429. The standard InChI is InChI=1S/C24H24N4O4S/c1-3-5-21-27-28-22(25)20(23(29)26-24(28)33-21)14-16-8-10-17(11-9-16)31-12-13-32-19-7-4-6-18(15-19)30-2/h4,6-11,14-15,25H,3,5,12-13H2,1-2H3/b20-14-,25-22?. The third kappa shape index (κ3) is 5.43. The van der Waals surface area contributed by atoms with E-state index in [0.717, 1.165) is 29.2 Å². The highest BCUT2D eigenvalue weighted by Crippen LogP contribution is 2.30. The van der Waals surface area contributed by atoms with Crippen LogP contribution in [0.15, 0.2) is 64.2 Å². The Morgan fingerprint density at radius 3 is 2.52 bits per heavy atom. The summed E-state index contributed by atoms with van der Waals surface area (Å²) in [6, 6.07) is 14.7. The van der Waals surface area contributed by atoms with Crippen LogP contribution < -0.4 is 14.2 Å². The first kappa shape index (κ1) is 22.6. The Hall–Kier alpha value is -3.59. The number of fused-ring (bicyclic) bond motifs is 1. The van der Waals surface area contributed by atoms with Crippen molar-refractivity contribution in [1.82, 2.24) is 5.01 Å². The van der Waals surface area contributed by atoms with Gasteiger partial charge in [-0.25, -0.2) is 0 Å². The van der Waals surface area contributed by atoms with Crippen LogP contribution in [0.4, 0.5) is 0 Å². The van der Waals surface area contributed by atoms with Crippen molar-refractivity contribution >= 4 is 39.8 Å². The second-order valence-electron chi connectivity index (χ2n) is 7.21. The highest BCUT2D eigenvalue weighted by Gasteiger charge is 2.35. The van der Waals surface area contributed by atoms with Crippen LogP contribution in [0, 0.1) is 5.41 Å². The maximum Gasteiger partial charge on any atom is 0.283 e. The number of carbonyl (C=O) groups excluding carboxylic acids is 1. The fourth-order valence-corrected chi connectivity index (χ4v) is 4.17. The van der Waals surface area contributed by atoms with Gasteiger partial charge in [-0.2, -0.15) is 15.1 Å². The summed E-state index contributed by atoms with van der Waals surface area (Å²) in [4.78, 5) is 16.6. The van der Waals surface area contributed by atoms with Gasteiger partial charge >= 0.3 is 0 Å². The number of hydrazone groups is 1. The van der Waals surface area contributed by atoms with E-state index in [9.17, 15) is 4.79 Å². The molecule has 170 valence electrons. The Labute approximate surface area is 196 Å². The predicted molar refractivity (Wildman–Crippen MR) is 130 cm³/mol. The van der Waals surface area contributed by atoms with Crippen LogP contribution in [0.3, 0.4) is 0 Å². The van der Waals surface area contributed by atoms with Crippen molar-refractivity contribution in [3.05, 3.63) is 59.7 Å². The summed E-state index contributed by atoms with van der Waals surface area (Å²) in [6.07, 6.45) is 3.39. The van der Waals surface area contributed by atoms with E-state index >= 15 is 0 Å². The Kier molecular flexibility index (Phi) is 7.09. The SMILES string of the molecule is CCCC1=NN2C(=N)/C(=C/c3ccc(OCCOc4cccc(OC)c4)cc3)C(=O)N=C2S1. The molecular formula is C24H24N4O4S. The zero-order chi connectivity index (χ0) is 23.2.